The number of rotatable bonds is 6. The highest BCUT2D eigenvalue weighted by molar-refractivity contribution is 7.90. The van der Waals surface area contributed by atoms with E-state index in [9.17, 15) is 13.2 Å². The first-order valence-corrected chi connectivity index (χ1v) is 9.77. The minimum absolute atomic E-state index is 0.00366. The van der Waals surface area contributed by atoms with Crippen molar-refractivity contribution in [2.24, 2.45) is 0 Å². The van der Waals surface area contributed by atoms with Gasteiger partial charge in [-0.15, -0.1) is 0 Å². The summed E-state index contributed by atoms with van der Waals surface area (Å²) in [6, 6.07) is 7.15. The Morgan fingerprint density at radius 2 is 2.00 bits per heavy atom. The molecular weight excluding hydrogens is 318 g/mol. The van der Waals surface area contributed by atoms with Gasteiger partial charge >= 0.3 is 0 Å². The molecule has 1 aromatic heterocycles. The van der Waals surface area contributed by atoms with E-state index in [1.807, 2.05) is 16.8 Å². The Kier molecular flexibility index (Phi) is 5.37. The molecule has 0 saturated heterocycles. The number of carbonyl (C=O) groups is 1. The molecule has 6 heteroatoms. The van der Waals surface area contributed by atoms with Gasteiger partial charge in [-0.05, 0) is 52.9 Å². The highest BCUT2D eigenvalue weighted by Gasteiger charge is 2.11. The zero-order chi connectivity index (χ0) is 16.2. The zero-order valence-electron chi connectivity index (χ0n) is 12.6. The third kappa shape index (κ3) is 4.68. The Morgan fingerprint density at radius 1 is 1.23 bits per heavy atom. The molecule has 4 nitrogen and oxygen atoms in total. The van der Waals surface area contributed by atoms with Crippen LogP contribution in [0.1, 0.15) is 23.1 Å². The molecule has 2 rings (SSSR count). The predicted octanol–water partition coefficient (Wildman–Crippen LogP) is 2.71. The van der Waals surface area contributed by atoms with Crippen molar-refractivity contribution < 1.29 is 13.2 Å². The molecule has 0 aliphatic carbocycles. The van der Waals surface area contributed by atoms with Crippen molar-refractivity contribution in [1.29, 1.82) is 0 Å². The second-order valence-electron chi connectivity index (χ2n) is 5.28. The first-order chi connectivity index (χ1) is 10.4. The molecule has 1 amide bonds. The van der Waals surface area contributed by atoms with Crippen LogP contribution in [-0.4, -0.2) is 20.6 Å². The van der Waals surface area contributed by atoms with Gasteiger partial charge in [-0.25, -0.2) is 8.42 Å². The SMILES string of the molecule is Cc1cc(CNC(=O)CCc2ccsc2)ccc1S(C)(=O)=O. The molecule has 2 aromatic rings. The van der Waals surface area contributed by atoms with E-state index in [4.69, 9.17) is 0 Å². The van der Waals surface area contributed by atoms with Crippen LogP contribution in [-0.2, 0) is 27.6 Å². The highest BCUT2D eigenvalue weighted by atomic mass is 32.2. The molecule has 118 valence electrons. The molecule has 0 atom stereocenters. The van der Waals surface area contributed by atoms with Gasteiger partial charge in [-0.2, -0.15) is 11.3 Å². The fraction of sp³-hybridized carbons (Fsp3) is 0.312. The largest absolute Gasteiger partial charge is 0.352 e. The topological polar surface area (TPSA) is 63.2 Å². The summed E-state index contributed by atoms with van der Waals surface area (Å²) in [7, 11) is -3.20. The van der Waals surface area contributed by atoms with Gasteiger partial charge in [0.2, 0.25) is 5.91 Å². The lowest BCUT2D eigenvalue weighted by Crippen LogP contribution is -2.23. The molecule has 22 heavy (non-hydrogen) atoms. The number of benzene rings is 1. The van der Waals surface area contributed by atoms with Crippen LogP contribution in [0, 0.1) is 6.92 Å². The number of sulfone groups is 1. The molecule has 0 bridgehead atoms. The average molecular weight is 337 g/mol. The van der Waals surface area contributed by atoms with E-state index in [0.29, 0.717) is 23.4 Å². The molecular formula is C16H19NO3S2. The van der Waals surface area contributed by atoms with Crippen molar-refractivity contribution in [1.82, 2.24) is 5.32 Å². The number of amides is 1. The van der Waals surface area contributed by atoms with Crippen LogP contribution in [0.3, 0.4) is 0 Å². The first kappa shape index (κ1) is 16.7. The summed E-state index contributed by atoms with van der Waals surface area (Å²) < 4.78 is 23.1. The predicted molar refractivity (Wildman–Crippen MR) is 88.8 cm³/mol. The lowest BCUT2D eigenvalue weighted by molar-refractivity contribution is -0.121. The normalized spacial score (nSPS) is 11.4. The fourth-order valence-electron chi connectivity index (χ4n) is 2.22. The van der Waals surface area contributed by atoms with Crippen LogP contribution in [0.5, 0.6) is 0 Å². The summed E-state index contributed by atoms with van der Waals surface area (Å²) in [6.07, 6.45) is 2.39. The quantitative estimate of drug-likeness (QED) is 0.881. The van der Waals surface area contributed by atoms with Crippen molar-refractivity contribution >= 4 is 27.1 Å². The summed E-state index contributed by atoms with van der Waals surface area (Å²) in [5.74, 6) is -0.00366. The van der Waals surface area contributed by atoms with Gasteiger partial charge < -0.3 is 5.32 Å². The van der Waals surface area contributed by atoms with E-state index in [-0.39, 0.29) is 5.91 Å². The number of carbonyl (C=O) groups excluding carboxylic acids is 1. The minimum Gasteiger partial charge on any atom is -0.352 e. The lowest BCUT2D eigenvalue weighted by atomic mass is 10.1. The summed E-state index contributed by atoms with van der Waals surface area (Å²) in [4.78, 5) is 12.2. The molecule has 0 saturated carbocycles. The van der Waals surface area contributed by atoms with E-state index in [2.05, 4.69) is 5.32 Å². The molecule has 0 aliphatic rings. The molecule has 0 spiro atoms. The number of hydrogen-bond acceptors (Lipinski definition) is 4. The van der Waals surface area contributed by atoms with E-state index in [0.717, 1.165) is 12.0 Å². The van der Waals surface area contributed by atoms with Gasteiger partial charge in [0.05, 0.1) is 4.90 Å². The summed E-state index contributed by atoms with van der Waals surface area (Å²) in [5.41, 5.74) is 2.77. The second kappa shape index (κ2) is 7.07. The van der Waals surface area contributed by atoms with E-state index < -0.39 is 9.84 Å². The summed E-state index contributed by atoms with van der Waals surface area (Å²) >= 11 is 1.63. The molecule has 0 unspecified atom stereocenters. The van der Waals surface area contributed by atoms with Crippen molar-refractivity contribution in [3.63, 3.8) is 0 Å². The van der Waals surface area contributed by atoms with E-state index in [1.165, 1.54) is 11.8 Å². The first-order valence-electron chi connectivity index (χ1n) is 6.93. The Bertz CT molecular complexity index is 750. The van der Waals surface area contributed by atoms with Crippen LogP contribution in [0.4, 0.5) is 0 Å². The van der Waals surface area contributed by atoms with Crippen molar-refractivity contribution in [2.45, 2.75) is 31.2 Å². The number of thiophene rings is 1. The van der Waals surface area contributed by atoms with Gasteiger partial charge in [0.15, 0.2) is 9.84 Å². The third-order valence-corrected chi connectivity index (χ3v) is 5.34. The number of nitrogens with one attached hydrogen (secondary N) is 1. The Labute approximate surface area is 135 Å². The lowest BCUT2D eigenvalue weighted by Gasteiger charge is -2.08. The summed E-state index contributed by atoms with van der Waals surface area (Å²) in [6.45, 7) is 2.17. The van der Waals surface area contributed by atoms with Crippen molar-refractivity contribution in [3.05, 3.63) is 51.7 Å². The maximum atomic E-state index is 11.8. The Balaban J connectivity index is 1.89. The average Bonchev–Trinajstić information content (AvgIpc) is 2.94. The van der Waals surface area contributed by atoms with Gasteiger partial charge in [0.25, 0.3) is 0 Å². The van der Waals surface area contributed by atoms with Crippen molar-refractivity contribution in [3.8, 4) is 0 Å². The summed E-state index contributed by atoms with van der Waals surface area (Å²) in [5, 5.41) is 6.90. The molecule has 1 heterocycles. The van der Waals surface area contributed by atoms with Gasteiger partial charge in [0, 0.05) is 19.2 Å². The molecule has 0 aliphatic heterocycles. The zero-order valence-corrected chi connectivity index (χ0v) is 14.3. The van der Waals surface area contributed by atoms with Gasteiger partial charge in [0.1, 0.15) is 0 Å². The molecule has 0 radical (unpaired) electrons. The molecule has 0 fully saturated rings. The number of aryl methyl sites for hydroxylation is 2. The maximum absolute atomic E-state index is 11.8. The Morgan fingerprint density at radius 3 is 2.59 bits per heavy atom. The van der Waals surface area contributed by atoms with Crippen LogP contribution in [0.2, 0.25) is 0 Å². The van der Waals surface area contributed by atoms with Gasteiger partial charge in [-0.3, -0.25) is 4.79 Å². The third-order valence-electron chi connectivity index (χ3n) is 3.35. The molecule has 1 N–H and O–H groups in total. The second-order valence-corrected chi connectivity index (χ2v) is 8.04. The highest BCUT2D eigenvalue weighted by Crippen LogP contribution is 2.16. The fourth-order valence-corrected chi connectivity index (χ4v) is 3.88. The number of hydrogen-bond donors (Lipinski definition) is 1. The van der Waals surface area contributed by atoms with Crippen molar-refractivity contribution in [2.75, 3.05) is 6.26 Å². The molecule has 1 aromatic carbocycles. The Hall–Kier alpha value is -1.66. The van der Waals surface area contributed by atoms with E-state index >= 15 is 0 Å². The monoisotopic (exact) mass is 337 g/mol. The van der Waals surface area contributed by atoms with Crippen LogP contribution < -0.4 is 5.32 Å². The van der Waals surface area contributed by atoms with E-state index in [1.54, 1.807) is 36.5 Å². The van der Waals surface area contributed by atoms with Gasteiger partial charge in [-0.1, -0.05) is 12.1 Å². The maximum Gasteiger partial charge on any atom is 0.220 e. The standard InChI is InChI=1S/C16H19NO3S2/c1-12-9-14(3-5-15(12)22(2,19)20)10-17-16(18)6-4-13-7-8-21-11-13/h3,5,7-9,11H,4,6,10H2,1-2H3,(H,17,18). The van der Waals surface area contributed by atoms with Crippen LogP contribution in [0.15, 0.2) is 39.9 Å². The van der Waals surface area contributed by atoms with Crippen LogP contribution >= 0.6 is 11.3 Å². The smallest absolute Gasteiger partial charge is 0.220 e. The van der Waals surface area contributed by atoms with Crippen LogP contribution in [0.25, 0.3) is 0 Å². The minimum atomic E-state index is -3.20.